The number of sulfone groups is 1. The van der Waals surface area contributed by atoms with Gasteiger partial charge < -0.3 is 28.6 Å². The van der Waals surface area contributed by atoms with Crippen molar-refractivity contribution in [3.05, 3.63) is 114 Å². The maximum absolute atomic E-state index is 12.8. The lowest BCUT2D eigenvalue weighted by atomic mass is 9.96. The van der Waals surface area contributed by atoms with Gasteiger partial charge in [-0.1, -0.05) is 78.9 Å². The molecule has 0 spiro atoms. The molecule has 0 bridgehead atoms. The fraction of sp³-hybridized carbons (Fsp3) is 0.300. The summed E-state index contributed by atoms with van der Waals surface area (Å²) in [4.78, 5) is 1.73. The summed E-state index contributed by atoms with van der Waals surface area (Å²) in [5.41, 5.74) is 1.99. The Morgan fingerprint density at radius 3 is 2.00 bits per heavy atom. The summed E-state index contributed by atoms with van der Waals surface area (Å²) in [7, 11) is -2.12. The summed E-state index contributed by atoms with van der Waals surface area (Å²) < 4.78 is 56.5. The summed E-state index contributed by atoms with van der Waals surface area (Å²) in [6, 6.07) is 27.8. The number of rotatable bonds is 10. The highest BCUT2D eigenvalue weighted by molar-refractivity contribution is 7.94. The van der Waals surface area contributed by atoms with Gasteiger partial charge in [-0.3, -0.25) is 0 Å². The zero-order chi connectivity index (χ0) is 28.0. The van der Waals surface area contributed by atoms with Crippen LogP contribution in [0.1, 0.15) is 11.1 Å². The first-order valence-corrected chi connectivity index (χ1v) is 14.8. The van der Waals surface area contributed by atoms with E-state index >= 15 is 0 Å². The van der Waals surface area contributed by atoms with E-state index in [9.17, 15) is 8.42 Å². The highest BCUT2D eigenvalue weighted by Gasteiger charge is 2.52. The normalized spacial score (nSPS) is 25.0. The Morgan fingerprint density at radius 1 is 0.875 bits per heavy atom. The molecule has 2 heterocycles. The van der Waals surface area contributed by atoms with Crippen LogP contribution in [-0.4, -0.2) is 62.9 Å². The minimum Gasteiger partial charge on any atom is -0.462 e. The molecule has 3 aromatic rings. The van der Waals surface area contributed by atoms with Crippen molar-refractivity contribution in [2.24, 2.45) is 0 Å². The van der Waals surface area contributed by atoms with Gasteiger partial charge >= 0.3 is 0 Å². The third-order valence-electron chi connectivity index (χ3n) is 6.73. The third-order valence-corrected chi connectivity index (χ3v) is 8.47. The van der Waals surface area contributed by atoms with Crippen LogP contribution in [0.2, 0.25) is 0 Å². The molecule has 40 heavy (non-hydrogen) atoms. The lowest BCUT2D eigenvalue weighted by Gasteiger charge is -2.49. The number of hydrogen-bond donors (Lipinski definition) is 0. The Hall–Kier alpha value is -3.12. The fourth-order valence-corrected chi connectivity index (χ4v) is 5.92. The van der Waals surface area contributed by atoms with E-state index in [1.807, 2.05) is 60.7 Å². The van der Waals surface area contributed by atoms with Gasteiger partial charge in [-0.15, -0.1) is 0 Å². The molecule has 8 nitrogen and oxygen atoms in total. The molecule has 0 radical (unpaired) electrons. The van der Waals surface area contributed by atoms with Gasteiger partial charge in [-0.25, -0.2) is 8.42 Å². The minimum atomic E-state index is -3.67. The van der Waals surface area contributed by atoms with Crippen molar-refractivity contribution in [3.8, 4) is 0 Å². The van der Waals surface area contributed by atoms with Gasteiger partial charge in [-0.05, 0) is 35.5 Å². The molecule has 0 amide bonds. The van der Waals surface area contributed by atoms with Crippen LogP contribution in [-0.2, 0) is 46.7 Å². The number of thiocarbonyl (C=S) groups is 1. The molecule has 2 saturated heterocycles. The van der Waals surface area contributed by atoms with Crippen molar-refractivity contribution < 1.29 is 32.1 Å². The summed E-state index contributed by atoms with van der Waals surface area (Å²) in [6.45, 7) is 0.903. The van der Waals surface area contributed by atoms with Crippen LogP contribution in [0.3, 0.4) is 0 Å². The maximum Gasteiger partial charge on any atom is 0.263 e. The van der Waals surface area contributed by atoms with Crippen LogP contribution in [0.5, 0.6) is 0 Å². The average Bonchev–Trinajstić information content (AvgIpc) is 2.99. The van der Waals surface area contributed by atoms with E-state index in [1.54, 1.807) is 42.3 Å². The highest BCUT2D eigenvalue weighted by Crippen LogP contribution is 2.33. The first-order valence-electron chi connectivity index (χ1n) is 12.9. The second-order valence-corrected chi connectivity index (χ2v) is 11.6. The molecule has 0 aromatic heterocycles. The Bertz CT molecular complexity index is 1390. The van der Waals surface area contributed by atoms with E-state index in [0.717, 1.165) is 16.5 Å². The van der Waals surface area contributed by atoms with E-state index in [2.05, 4.69) is 0 Å². The minimum absolute atomic E-state index is 0.121. The van der Waals surface area contributed by atoms with E-state index in [1.165, 1.54) is 6.20 Å². The molecular weight excluding hydrogens is 550 g/mol. The Labute approximate surface area is 240 Å². The van der Waals surface area contributed by atoms with Gasteiger partial charge in [0, 0.05) is 13.3 Å². The van der Waals surface area contributed by atoms with Gasteiger partial charge in [0.15, 0.2) is 12.4 Å². The quantitative estimate of drug-likeness (QED) is 0.322. The van der Waals surface area contributed by atoms with E-state index < -0.39 is 40.5 Å². The lowest BCUT2D eigenvalue weighted by molar-refractivity contribution is -0.313. The van der Waals surface area contributed by atoms with Crippen LogP contribution in [0.15, 0.2) is 107 Å². The van der Waals surface area contributed by atoms with Crippen LogP contribution < -0.4 is 0 Å². The molecule has 0 unspecified atom stereocenters. The number of methoxy groups -OCH3 is 1. The molecule has 5 atom stereocenters. The topological polar surface area (TPSA) is 83.5 Å². The van der Waals surface area contributed by atoms with Crippen LogP contribution >= 0.6 is 12.2 Å². The van der Waals surface area contributed by atoms with Crippen molar-refractivity contribution in [1.82, 2.24) is 4.90 Å². The maximum atomic E-state index is 12.8. The van der Waals surface area contributed by atoms with Crippen molar-refractivity contribution in [3.63, 3.8) is 0 Å². The van der Waals surface area contributed by atoms with Crippen molar-refractivity contribution in [1.29, 1.82) is 0 Å². The predicted octanol–water partition coefficient (Wildman–Crippen LogP) is 4.46. The average molecular weight is 582 g/mol. The summed E-state index contributed by atoms with van der Waals surface area (Å²) in [5, 5.41) is 1.24. The largest absolute Gasteiger partial charge is 0.462 e. The third kappa shape index (κ3) is 6.77. The fourth-order valence-electron chi connectivity index (χ4n) is 4.67. The van der Waals surface area contributed by atoms with E-state index in [4.69, 9.17) is 35.9 Å². The van der Waals surface area contributed by atoms with Crippen molar-refractivity contribution in [2.45, 2.75) is 48.8 Å². The smallest absolute Gasteiger partial charge is 0.263 e. The zero-order valence-corrected chi connectivity index (χ0v) is 23.6. The van der Waals surface area contributed by atoms with Crippen LogP contribution in [0.25, 0.3) is 0 Å². The molecule has 5 rings (SSSR count). The molecule has 210 valence electrons. The van der Waals surface area contributed by atoms with Gasteiger partial charge in [0.2, 0.25) is 9.84 Å². The number of ether oxygens (including phenoxy) is 5. The molecular formula is C30H31NO7S2. The molecule has 10 heteroatoms. The standard InChI is InChI=1S/C30H31NO7S2/c1-34-29-28(36-21-23-13-7-3-8-14-23)27(35-20-22-11-5-2-6-12-22)26-25(37-29)19-31(30(39)38-26)17-18-40(32,33)24-15-9-4-10-16-24/h2-18,25-29H,19-21H2,1H3/b18-17+/t25-,26-,27+,28-,29+/m1/s1. The zero-order valence-electron chi connectivity index (χ0n) is 21.9. The monoisotopic (exact) mass is 581 g/mol. The summed E-state index contributed by atoms with van der Waals surface area (Å²) >= 11 is 5.54. The SMILES string of the molecule is CO[C@H]1O[C@@H]2CN(/C=C/S(=O)(=O)c3ccccc3)C(=S)O[C@H]2[C@H](OCc2ccccc2)[C@H]1OCc1ccccc1. The second kappa shape index (κ2) is 13.0. The van der Waals surface area contributed by atoms with E-state index in [-0.39, 0.29) is 16.6 Å². The van der Waals surface area contributed by atoms with Gasteiger partial charge in [0.05, 0.1) is 30.1 Å². The van der Waals surface area contributed by atoms with Gasteiger partial charge in [0.25, 0.3) is 5.17 Å². The van der Waals surface area contributed by atoms with Crippen LogP contribution in [0.4, 0.5) is 0 Å². The first-order chi connectivity index (χ1) is 19.4. The summed E-state index contributed by atoms with van der Waals surface area (Å²) in [6.07, 6.45) is -1.66. The highest BCUT2D eigenvalue weighted by atomic mass is 32.2. The van der Waals surface area contributed by atoms with Crippen molar-refractivity contribution in [2.75, 3.05) is 13.7 Å². The lowest BCUT2D eigenvalue weighted by Crippen LogP contribution is -2.65. The number of benzene rings is 3. The number of hydrogen-bond acceptors (Lipinski definition) is 8. The Balaban J connectivity index is 1.35. The number of fused-ring (bicyclic) bond motifs is 1. The Kier molecular flexibility index (Phi) is 9.25. The van der Waals surface area contributed by atoms with Crippen molar-refractivity contribution >= 4 is 27.2 Å². The first kappa shape index (κ1) is 28.4. The Morgan fingerprint density at radius 2 is 1.43 bits per heavy atom. The molecule has 0 N–H and O–H groups in total. The van der Waals surface area contributed by atoms with Crippen LogP contribution in [0, 0.1) is 0 Å². The molecule has 2 aliphatic heterocycles. The number of nitrogens with zero attached hydrogens (tertiary/aromatic N) is 1. The molecule has 2 fully saturated rings. The molecule has 0 saturated carbocycles. The molecule has 0 aliphatic carbocycles. The van der Waals surface area contributed by atoms with E-state index in [0.29, 0.717) is 13.2 Å². The van der Waals surface area contributed by atoms with Gasteiger partial charge in [0.1, 0.15) is 18.3 Å². The van der Waals surface area contributed by atoms with Gasteiger partial charge in [-0.2, -0.15) is 0 Å². The second-order valence-electron chi connectivity index (χ2n) is 9.45. The predicted molar refractivity (Wildman–Crippen MR) is 153 cm³/mol. The molecule has 2 aliphatic rings. The molecule has 3 aromatic carbocycles. The summed E-state index contributed by atoms with van der Waals surface area (Å²) in [5.74, 6) is 0.